The number of rotatable bonds is 9. The molecular weight excluding hydrogens is 462 g/mol. The highest BCUT2D eigenvalue weighted by Crippen LogP contribution is 2.21. The van der Waals surface area contributed by atoms with Crippen LogP contribution < -0.4 is 21.5 Å². The highest BCUT2D eigenvalue weighted by Gasteiger charge is 2.29. The quantitative estimate of drug-likeness (QED) is 0.181. The van der Waals surface area contributed by atoms with Gasteiger partial charge in [0, 0.05) is 19.3 Å². The highest BCUT2D eigenvalue weighted by molar-refractivity contribution is 6.05. The fraction of sp³-hybridized carbons (Fsp3) is 0.400. The summed E-state index contributed by atoms with van der Waals surface area (Å²) in [5, 5.41) is 12.7. The second kappa shape index (κ2) is 11.4. The number of nitrogens with two attached hydrogens (primary N) is 2. The number of aliphatic imine (C=N–C) groups is 1. The summed E-state index contributed by atoms with van der Waals surface area (Å²) in [4.78, 5) is 25.1. The van der Waals surface area contributed by atoms with Crippen molar-refractivity contribution in [1.29, 1.82) is 0 Å². The third-order valence-electron chi connectivity index (χ3n) is 4.48. The number of hydrogen-bond donors (Lipinski definition) is 4. The van der Waals surface area contributed by atoms with Crippen LogP contribution >= 0.6 is 0 Å². The predicted octanol–water partition coefficient (Wildman–Crippen LogP) is 1.91. The molecular formula is C20H25F4N7O3. The number of guanidine groups is 1. The molecule has 1 amide bonds. The van der Waals surface area contributed by atoms with Crippen molar-refractivity contribution in [2.45, 2.75) is 32.2 Å². The fourth-order valence-electron chi connectivity index (χ4n) is 2.73. The number of alkyl halides is 3. The molecule has 186 valence electrons. The van der Waals surface area contributed by atoms with Crippen LogP contribution in [0.5, 0.6) is 5.88 Å². The number of amides is 1. The lowest BCUT2D eigenvalue weighted by Crippen LogP contribution is -2.42. The molecule has 1 aromatic heterocycles. The number of carbonyl (C=O) groups excluding carboxylic acids is 1. The number of carbonyl (C=O) groups is 1. The van der Waals surface area contributed by atoms with E-state index < -0.39 is 42.4 Å². The van der Waals surface area contributed by atoms with E-state index in [1.807, 2.05) is 0 Å². The van der Waals surface area contributed by atoms with Crippen molar-refractivity contribution >= 4 is 23.4 Å². The van der Waals surface area contributed by atoms with Crippen molar-refractivity contribution in [1.82, 2.24) is 14.9 Å². The zero-order valence-electron chi connectivity index (χ0n) is 18.4. The Morgan fingerprint density at radius 3 is 2.71 bits per heavy atom. The van der Waals surface area contributed by atoms with Gasteiger partial charge in [-0.25, -0.2) is 9.37 Å². The normalized spacial score (nSPS) is 12.9. The number of hydrogen-bond acceptors (Lipinski definition) is 7. The van der Waals surface area contributed by atoms with E-state index in [9.17, 15) is 27.5 Å². The molecule has 1 atom stereocenters. The molecule has 0 aliphatic carbocycles. The number of nitrogens with one attached hydrogen (secondary N) is 1. The molecule has 34 heavy (non-hydrogen) atoms. The Morgan fingerprint density at radius 2 is 2.09 bits per heavy atom. The monoisotopic (exact) mass is 487 g/mol. The topological polar surface area (TPSA) is 152 Å². The molecule has 1 heterocycles. The largest absolute Gasteiger partial charge is 0.467 e. The Kier molecular flexibility index (Phi) is 8.95. The number of benzene rings is 1. The van der Waals surface area contributed by atoms with Crippen molar-refractivity contribution in [3.8, 4) is 5.88 Å². The lowest BCUT2D eigenvalue weighted by Gasteiger charge is -2.24. The summed E-state index contributed by atoms with van der Waals surface area (Å²) in [6.45, 7) is 0.641. The van der Waals surface area contributed by atoms with Crippen molar-refractivity contribution < 1.29 is 32.2 Å². The highest BCUT2D eigenvalue weighted by atomic mass is 19.4. The van der Waals surface area contributed by atoms with Gasteiger partial charge in [-0.05, 0) is 43.5 Å². The van der Waals surface area contributed by atoms with E-state index >= 15 is 0 Å². The summed E-state index contributed by atoms with van der Waals surface area (Å²) in [6, 6.07) is 3.81. The van der Waals surface area contributed by atoms with Crippen LogP contribution in [-0.2, 0) is 6.42 Å². The molecule has 0 saturated heterocycles. The van der Waals surface area contributed by atoms with Gasteiger partial charge in [-0.1, -0.05) is 0 Å². The zero-order valence-corrected chi connectivity index (χ0v) is 18.4. The maximum atomic E-state index is 14.2. The molecule has 0 spiro atoms. The van der Waals surface area contributed by atoms with Crippen molar-refractivity contribution in [2.75, 3.05) is 31.2 Å². The second-order valence-corrected chi connectivity index (χ2v) is 7.07. The maximum Gasteiger partial charge on any atom is 0.422 e. The Morgan fingerprint density at radius 1 is 1.38 bits per heavy atom. The molecule has 0 radical (unpaired) electrons. The summed E-state index contributed by atoms with van der Waals surface area (Å²) in [7, 11) is 1.55. The van der Waals surface area contributed by atoms with Crippen LogP contribution in [0.4, 0.5) is 29.1 Å². The SMILES string of the molecule is CCN=C(N)N(C)C(O)CCc1cc(NC(=O)c2ncc(OCC(F)(F)F)nc2N)ccc1F. The van der Waals surface area contributed by atoms with Crippen molar-refractivity contribution in [3.63, 3.8) is 0 Å². The van der Waals surface area contributed by atoms with Gasteiger partial charge < -0.3 is 31.5 Å². The summed E-state index contributed by atoms with van der Waals surface area (Å²) in [6.07, 6.45) is -4.51. The number of aliphatic hydroxyl groups excluding tert-OH is 1. The van der Waals surface area contributed by atoms with E-state index in [0.717, 1.165) is 12.3 Å². The summed E-state index contributed by atoms with van der Waals surface area (Å²) < 4.78 is 55.4. The molecule has 14 heteroatoms. The minimum absolute atomic E-state index is 0.119. The number of halogens is 4. The zero-order chi connectivity index (χ0) is 25.5. The maximum absolute atomic E-state index is 14.2. The van der Waals surface area contributed by atoms with Gasteiger partial charge >= 0.3 is 6.18 Å². The number of nitrogens with zero attached hydrogens (tertiary/aromatic N) is 4. The van der Waals surface area contributed by atoms with E-state index in [1.165, 1.54) is 17.0 Å². The third-order valence-corrected chi connectivity index (χ3v) is 4.48. The van der Waals surface area contributed by atoms with Crippen LogP contribution in [-0.4, -0.2) is 64.4 Å². The fourth-order valence-corrected chi connectivity index (χ4v) is 2.73. The molecule has 2 rings (SSSR count). The number of anilines is 2. The first kappa shape index (κ1) is 26.6. The van der Waals surface area contributed by atoms with Crippen molar-refractivity contribution in [2.24, 2.45) is 10.7 Å². The van der Waals surface area contributed by atoms with Crippen LogP contribution in [0.15, 0.2) is 29.4 Å². The van der Waals surface area contributed by atoms with Gasteiger partial charge in [0.25, 0.3) is 5.91 Å². The number of aryl methyl sites for hydroxylation is 1. The molecule has 0 bridgehead atoms. The smallest absolute Gasteiger partial charge is 0.422 e. The summed E-state index contributed by atoms with van der Waals surface area (Å²) >= 11 is 0. The standard InChI is InChI=1S/C20H25F4N7O3/c1-3-27-19(26)31(2)15(32)7-4-11-8-12(5-6-13(11)21)29-18(33)16-17(25)30-14(9-28-16)34-10-20(22,23)24/h5-6,8-9,15,32H,3-4,7,10H2,1-2H3,(H2,25,30)(H2,26,27)(H,29,33). The van der Waals surface area contributed by atoms with Gasteiger partial charge in [-0.15, -0.1) is 0 Å². The minimum atomic E-state index is -4.58. The molecule has 10 nitrogen and oxygen atoms in total. The average molecular weight is 487 g/mol. The lowest BCUT2D eigenvalue weighted by atomic mass is 10.1. The summed E-state index contributed by atoms with van der Waals surface area (Å²) in [5.41, 5.74) is 11.4. The second-order valence-electron chi connectivity index (χ2n) is 7.07. The van der Waals surface area contributed by atoms with Gasteiger partial charge in [0.15, 0.2) is 24.1 Å². The predicted molar refractivity (Wildman–Crippen MR) is 117 cm³/mol. The third kappa shape index (κ3) is 7.72. The summed E-state index contributed by atoms with van der Waals surface area (Å²) in [5.74, 6) is -2.16. The average Bonchev–Trinajstić information content (AvgIpc) is 2.76. The first-order chi connectivity index (χ1) is 15.9. The number of nitrogen functional groups attached to an aromatic ring is 1. The number of ether oxygens (including phenoxy) is 1. The van der Waals surface area contributed by atoms with E-state index in [4.69, 9.17) is 11.5 Å². The van der Waals surface area contributed by atoms with Gasteiger partial charge in [-0.3, -0.25) is 9.79 Å². The van der Waals surface area contributed by atoms with Crippen LogP contribution in [0.2, 0.25) is 0 Å². The van der Waals surface area contributed by atoms with E-state index in [0.29, 0.717) is 6.54 Å². The van der Waals surface area contributed by atoms with Crippen LogP contribution in [0, 0.1) is 5.82 Å². The number of aromatic nitrogens is 2. The Bertz CT molecular complexity index is 1030. The van der Waals surface area contributed by atoms with E-state index in [2.05, 4.69) is 25.0 Å². The van der Waals surface area contributed by atoms with Crippen LogP contribution in [0.3, 0.4) is 0 Å². The van der Waals surface area contributed by atoms with Crippen LogP contribution in [0.25, 0.3) is 0 Å². The molecule has 0 aliphatic rings. The van der Waals surface area contributed by atoms with Gasteiger partial charge in [0.05, 0.1) is 6.20 Å². The van der Waals surface area contributed by atoms with E-state index in [-0.39, 0.29) is 35.7 Å². The number of aliphatic hydroxyl groups is 1. The van der Waals surface area contributed by atoms with Crippen molar-refractivity contribution in [3.05, 3.63) is 41.5 Å². The Hall–Kier alpha value is -3.68. The van der Waals surface area contributed by atoms with Gasteiger partial charge in [-0.2, -0.15) is 18.2 Å². The molecule has 1 unspecified atom stereocenters. The molecule has 0 aliphatic heterocycles. The molecule has 6 N–H and O–H groups in total. The molecule has 0 fully saturated rings. The molecule has 1 aromatic carbocycles. The van der Waals surface area contributed by atoms with E-state index in [1.54, 1.807) is 14.0 Å². The van der Waals surface area contributed by atoms with Crippen LogP contribution in [0.1, 0.15) is 29.4 Å². The lowest BCUT2D eigenvalue weighted by molar-refractivity contribution is -0.154. The Balaban J connectivity index is 2.05. The molecule has 2 aromatic rings. The first-order valence-electron chi connectivity index (χ1n) is 10.0. The molecule has 0 saturated carbocycles. The van der Waals surface area contributed by atoms with Gasteiger partial charge in [0.2, 0.25) is 5.88 Å². The Labute approximate surface area is 192 Å². The van der Waals surface area contributed by atoms with Gasteiger partial charge in [0.1, 0.15) is 12.0 Å². The first-order valence-corrected chi connectivity index (χ1v) is 10.0. The minimum Gasteiger partial charge on any atom is -0.467 e.